The summed E-state index contributed by atoms with van der Waals surface area (Å²) in [5.74, 6) is 0.413. The third kappa shape index (κ3) is 2.24. The Morgan fingerprint density at radius 3 is 2.12 bits per heavy atom. The molecule has 0 aromatic carbocycles. The molecule has 5 heteroatoms. The normalized spacial score (nSPS) is 46.1. The van der Waals surface area contributed by atoms with Crippen LogP contribution in [0.3, 0.4) is 0 Å². The van der Waals surface area contributed by atoms with Crippen molar-refractivity contribution in [2.45, 2.75) is 54.5 Å². The van der Waals surface area contributed by atoms with Gasteiger partial charge in [-0.1, -0.05) is 12.8 Å². The number of hydrogen-bond acceptors (Lipinski definition) is 5. The van der Waals surface area contributed by atoms with Crippen LogP contribution in [0.15, 0.2) is 0 Å². The molecule has 0 aromatic heterocycles. The van der Waals surface area contributed by atoms with Gasteiger partial charge in [0.05, 0.1) is 24.1 Å². The minimum Gasteiger partial charge on any atom is -0.395 e. The van der Waals surface area contributed by atoms with E-state index in [-0.39, 0.29) is 17.1 Å². The van der Waals surface area contributed by atoms with E-state index in [1.54, 1.807) is 0 Å². The highest BCUT2D eigenvalue weighted by Crippen LogP contribution is 2.42. The number of rotatable bonds is 2. The van der Waals surface area contributed by atoms with E-state index in [1.165, 1.54) is 24.6 Å². The Hall–Kier alpha value is 0.190. The van der Waals surface area contributed by atoms with Crippen LogP contribution in [0.5, 0.6) is 0 Å². The van der Waals surface area contributed by atoms with E-state index < -0.39 is 18.3 Å². The molecule has 2 fully saturated rings. The van der Waals surface area contributed by atoms with E-state index in [4.69, 9.17) is 5.11 Å². The van der Waals surface area contributed by atoms with Crippen molar-refractivity contribution in [3.63, 3.8) is 0 Å². The van der Waals surface area contributed by atoms with Crippen LogP contribution in [-0.4, -0.2) is 55.8 Å². The van der Waals surface area contributed by atoms with E-state index in [9.17, 15) is 15.3 Å². The van der Waals surface area contributed by atoms with Gasteiger partial charge in [0, 0.05) is 5.25 Å². The number of aliphatic hydroxyl groups is 4. The number of aliphatic hydroxyl groups excluding tert-OH is 4. The highest BCUT2D eigenvalue weighted by atomic mass is 32.2. The van der Waals surface area contributed by atoms with E-state index >= 15 is 0 Å². The van der Waals surface area contributed by atoms with Gasteiger partial charge < -0.3 is 20.4 Å². The summed E-state index contributed by atoms with van der Waals surface area (Å²) in [6.07, 6.45) is 1.50. The quantitative estimate of drug-likeness (QED) is 0.541. The standard InChI is InChI=1S/C11H20O4S/c12-5-7-8(13)9(14)10(15)11(16-7)6-3-1-2-4-6/h6-15H,1-5H2/t7-,8-,9-,10+,11+/m0/s1. The summed E-state index contributed by atoms with van der Waals surface area (Å²) in [6.45, 7) is -0.154. The molecule has 5 atom stereocenters. The summed E-state index contributed by atoms with van der Waals surface area (Å²) in [4.78, 5) is 0. The fourth-order valence-corrected chi connectivity index (χ4v) is 4.43. The van der Waals surface area contributed by atoms with Gasteiger partial charge >= 0.3 is 0 Å². The zero-order valence-electron chi connectivity index (χ0n) is 9.20. The lowest BCUT2D eigenvalue weighted by molar-refractivity contribution is -0.0743. The van der Waals surface area contributed by atoms with Crippen LogP contribution < -0.4 is 0 Å². The zero-order valence-corrected chi connectivity index (χ0v) is 10.0. The van der Waals surface area contributed by atoms with Gasteiger partial charge in [0.25, 0.3) is 0 Å². The van der Waals surface area contributed by atoms with Crippen molar-refractivity contribution in [2.24, 2.45) is 5.92 Å². The molecule has 1 aliphatic heterocycles. The van der Waals surface area contributed by atoms with Crippen molar-refractivity contribution >= 4 is 11.8 Å². The summed E-state index contributed by atoms with van der Waals surface area (Å²) in [5.41, 5.74) is 0. The van der Waals surface area contributed by atoms with E-state index in [0.717, 1.165) is 12.8 Å². The molecular weight excluding hydrogens is 228 g/mol. The average Bonchev–Trinajstić information content (AvgIpc) is 2.80. The predicted octanol–water partition coefficient (Wildman–Crippen LogP) is -0.264. The Morgan fingerprint density at radius 2 is 1.56 bits per heavy atom. The molecule has 1 saturated carbocycles. The number of thioether (sulfide) groups is 1. The molecule has 16 heavy (non-hydrogen) atoms. The van der Waals surface area contributed by atoms with Crippen LogP contribution in [0, 0.1) is 5.92 Å². The Labute approximate surface area is 99.7 Å². The van der Waals surface area contributed by atoms with Gasteiger partial charge in [0.2, 0.25) is 0 Å². The minimum absolute atomic E-state index is 0.0435. The summed E-state index contributed by atoms with van der Waals surface area (Å²) in [7, 11) is 0. The third-order valence-electron chi connectivity index (χ3n) is 3.79. The van der Waals surface area contributed by atoms with Crippen molar-refractivity contribution in [3.05, 3.63) is 0 Å². The largest absolute Gasteiger partial charge is 0.395 e. The van der Waals surface area contributed by atoms with Gasteiger partial charge in [-0.15, -0.1) is 11.8 Å². The van der Waals surface area contributed by atoms with Gasteiger partial charge in [-0.05, 0) is 18.8 Å². The molecule has 1 heterocycles. The van der Waals surface area contributed by atoms with Crippen LogP contribution in [0.25, 0.3) is 0 Å². The highest BCUT2D eigenvalue weighted by molar-refractivity contribution is 8.00. The van der Waals surface area contributed by atoms with Gasteiger partial charge in [-0.2, -0.15) is 0 Å². The second kappa shape index (κ2) is 5.23. The van der Waals surface area contributed by atoms with Crippen molar-refractivity contribution in [3.8, 4) is 0 Å². The molecule has 1 saturated heterocycles. The Kier molecular flexibility index (Phi) is 4.13. The Bertz CT molecular complexity index is 230. The molecule has 0 radical (unpaired) electrons. The Morgan fingerprint density at radius 1 is 0.938 bits per heavy atom. The SMILES string of the molecule is OC[C@@H]1S[C@H](C2CCCC2)[C@H](O)[C@@H](O)[C@H]1O. The first-order chi connectivity index (χ1) is 7.65. The lowest BCUT2D eigenvalue weighted by Crippen LogP contribution is -2.55. The molecule has 2 rings (SSSR count). The smallest absolute Gasteiger partial charge is 0.108 e. The van der Waals surface area contributed by atoms with Crippen LogP contribution >= 0.6 is 11.8 Å². The van der Waals surface area contributed by atoms with E-state index in [2.05, 4.69) is 0 Å². The van der Waals surface area contributed by atoms with E-state index in [1.807, 2.05) is 0 Å². The zero-order chi connectivity index (χ0) is 11.7. The molecule has 0 amide bonds. The van der Waals surface area contributed by atoms with Gasteiger partial charge in [-0.3, -0.25) is 0 Å². The second-order valence-corrected chi connectivity index (χ2v) is 6.26. The van der Waals surface area contributed by atoms with Crippen molar-refractivity contribution < 1.29 is 20.4 Å². The Balaban J connectivity index is 2.06. The molecule has 4 nitrogen and oxygen atoms in total. The summed E-state index contributed by atoms with van der Waals surface area (Å²) in [5, 5.41) is 38.1. The topological polar surface area (TPSA) is 80.9 Å². The predicted molar refractivity (Wildman–Crippen MR) is 62.2 cm³/mol. The molecular formula is C11H20O4S. The van der Waals surface area contributed by atoms with Crippen molar-refractivity contribution in [1.82, 2.24) is 0 Å². The van der Waals surface area contributed by atoms with Gasteiger partial charge in [0.1, 0.15) is 6.10 Å². The van der Waals surface area contributed by atoms with Gasteiger partial charge in [0.15, 0.2) is 0 Å². The maximum atomic E-state index is 9.97. The molecule has 1 aliphatic carbocycles. The van der Waals surface area contributed by atoms with Crippen LogP contribution in [0.1, 0.15) is 25.7 Å². The molecule has 4 N–H and O–H groups in total. The van der Waals surface area contributed by atoms with Crippen molar-refractivity contribution in [2.75, 3.05) is 6.61 Å². The molecule has 0 spiro atoms. The average molecular weight is 248 g/mol. The lowest BCUT2D eigenvalue weighted by Gasteiger charge is -2.41. The molecule has 0 aromatic rings. The maximum Gasteiger partial charge on any atom is 0.108 e. The van der Waals surface area contributed by atoms with Crippen molar-refractivity contribution in [1.29, 1.82) is 0 Å². The maximum absolute atomic E-state index is 9.97. The highest BCUT2D eigenvalue weighted by Gasteiger charge is 2.45. The fraction of sp³-hybridized carbons (Fsp3) is 1.00. The van der Waals surface area contributed by atoms with Gasteiger partial charge in [-0.25, -0.2) is 0 Å². The fourth-order valence-electron chi connectivity index (χ4n) is 2.81. The molecule has 0 bridgehead atoms. The van der Waals surface area contributed by atoms with Crippen LogP contribution in [0.2, 0.25) is 0 Å². The van der Waals surface area contributed by atoms with Crippen LogP contribution in [0.4, 0.5) is 0 Å². The summed E-state index contributed by atoms with van der Waals surface area (Å²) in [6, 6.07) is 0. The first kappa shape index (κ1) is 12.6. The number of hydrogen-bond donors (Lipinski definition) is 4. The monoisotopic (exact) mass is 248 g/mol. The summed E-state index contributed by atoms with van der Waals surface area (Å²) < 4.78 is 0. The third-order valence-corrected chi connectivity index (χ3v) is 5.55. The molecule has 94 valence electrons. The first-order valence-electron chi connectivity index (χ1n) is 5.95. The van der Waals surface area contributed by atoms with E-state index in [0.29, 0.717) is 5.92 Å². The minimum atomic E-state index is -1.12. The molecule has 2 aliphatic rings. The van der Waals surface area contributed by atoms with Crippen LogP contribution in [-0.2, 0) is 0 Å². The lowest BCUT2D eigenvalue weighted by atomic mass is 9.92. The second-order valence-electron chi connectivity index (χ2n) is 4.84. The summed E-state index contributed by atoms with van der Waals surface area (Å²) >= 11 is 1.44. The first-order valence-corrected chi connectivity index (χ1v) is 6.90. The molecule has 0 unspecified atom stereocenters.